The number of piperidine rings is 1. The smallest absolute Gasteiger partial charge is 0.0396 e. The summed E-state index contributed by atoms with van der Waals surface area (Å²) in [6, 6.07) is 0. The maximum atomic E-state index is 3.64. The fourth-order valence-corrected chi connectivity index (χ4v) is 2.75. The van der Waals surface area contributed by atoms with Crippen LogP contribution < -0.4 is 10.6 Å². The maximum absolute atomic E-state index is 3.64. The molecule has 12 heavy (non-hydrogen) atoms. The highest BCUT2D eigenvalue weighted by atomic mass is 15.2. The molecule has 0 unspecified atom stereocenters. The summed E-state index contributed by atoms with van der Waals surface area (Å²) in [7, 11) is 0. The molecule has 0 aliphatic carbocycles. The second-order valence-electron chi connectivity index (χ2n) is 5.26. The van der Waals surface area contributed by atoms with Crippen molar-refractivity contribution < 1.29 is 0 Å². The van der Waals surface area contributed by atoms with Crippen LogP contribution in [0.1, 0.15) is 27.2 Å². The Balaban J connectivity index is 2.18. The number of nitrogens with one attached hydrogen (secondary N) is 2. The van der Waals surface area contributed by atoms with Gasteiger partial charge < -0.3 is 10.6 Å². The van der Waals surface area contributed by atoms with Crippen LogP contribution in [0.4, 0.5) is 0 Å². The highest BCUT2D eigenvalue weighted by Crippen LogP contribution is 2.44. The van der Waals surface area contributed by atoms with E-state index >= 15 is 0 Å². The van der Waals surface area contributed by atoms with Gasteiger partial charge in [0.05, 0.1) is 0 Å². The molecule has 0 amide bonds. The van der Waals surface area contributed by atoms with Crippen LogP contribution in [-0.4, -0.2) is 25.2 Å². The van der Waals surface area contributed by atoms with Gasteiger partial charge in [-0.1, -0.05) is 20.8 Å². The SMILES string of the molecule is CC(C)(C)[C@]12CNCC[C@@H]1CN2. The maximum Gasteiger partial charge on any atom is 0.0396 e. The molecule has 2 saturated heterocycles. The van der Waals surface area contributed by atoms with Crippen molar-refractivity contribution in [3.63, 3.8) is 0 Å². The van der Waals surface area contributed by atoms with E-state index in [-0.39, 0.29) is 0 Å². The van der Waals surface area contributed by atoms with E-state index in [1.807, 2.05) is 0 Å². The third-order valence-electron chi connectivity index (χ3n) is 3.77. The van der Waals surface area contributed by atoms with Crippen LogP contribution in [0.2, 0.25) is 0 Å². The van der Waals surface area contributed by atoms with E-state index < -0.39 is 0 Å². The second-order valence-corrected chi connectivity index (χ2v) is 5.26. The molecule has 2 fully saturated rings. The first-order chi connectivity index (χ1) is 5.56. The summed E-state index contributed by atoms with van der Waals surface area (Å²) in [6.07, 6.45) is 1.35. The monoisotopic (exact) mass is 168 g/mol. The molecule has 0 radical (unpaired) electrons. The molecule has 2 atom stereocenters. The van der Waals surface area contributed by atoms with Crippen LogP contribution >= 0.6 is 0 Å². The van der Waals surface area contributed by atoms with Gasteiger partial charge in [-0.15, -0.1) is 0 Å². The first-order valence-electron chi connectivity index (χ1n) is 5.02. The van der Waals surface area contributed by atoms with Gasteiger partial charge in [-0.2, -0.15) is 0 Å². The minimum atomic E-state index is 0.392. The van der Waals surface area contributed by atoms with E-state index in [9.17, 15) is 0 Å². The summed E-state index contributed by atoms with van der Waals surface area (Å²) in [5, 5.41) is 7.14. The molecule has 70 valence electrons. The van der Waals surface area contributed by atoms with Crippen molar-refractivity contribution in [2.24, 2.45) is 11.3 Å². The van der Waals surface area contributed by atoms with Crippen LogP contribution in [0.15, 0.2) is 0 Å². The lowest BCUT2D eigenvalue weighted by Gasteiger charge is -2.61. The van der Waals surface area contributed by atoms with Crippen LogP contribution in [0.3, 0.4) is 0 Å². The number of hydrogen-bond donors (Lipinski definition) is 2. The summed E-state index contributed by atoms with van der Waals surface area (Å²) in [6.45, 7) is 10.6. The van der Waals surface area contributed by atoms with E-state index in [4.69, 9.17) is 0 Å². The largest absolute Gasteiger partial charge is 0.315 e. The van der Waals surface area contributed by atoms with E-state index in [0.717, 1.165) is 12.5 Å². The lowest BCUT2D eigenvalue weighted by atomic mass is 9.59. The molecular weight excluding hydrogens is 148 g/mol. The fraction of sp³-hybridized carbons (Fsp3) is 1.00. The first kappa shape index (κ1) is 8.52. The summed E-state index contributed by atoms with van der Waals surface area (Å²) in [5.74, 6) is 0.916. The van der Waals surface area contributed by atoms with Crippen LogP contribution in [0, 0.1) is 11.3 Å². The molecule has 0 aromatic heterocycles. The normalized spacial score (nSPS) is 41.8. The Labute approximate surface area is 75.1 Å². The minimum Gasteiger partial charge on any atom is -0.315 e. The Kier molecular flexibility index (Phi) is 1.74. The van der Waals surface area contributed by atoms with Crippen molar-refractivity contribution in [3.05, 3.63) is 0 Å². The molecule has 0 spiro atoms. The zero-order valence-corrected chi connectivity index (χ0v) is 8.41. The molecule has 2 rings (SSSR count). The Morgan fingerprint density at radius 1 is 1.33 bits per heavy atom. The van der Waals surface area contributed by atoms with Gasteiger partial charge >= 0.3 is 0 Å². The zero-order valence-electron chi connectivity index (χ0n) is 8.41. The Morgan fingerprint density at radius 3 is 2.42 bits per heavy atom. The first-order valence-corrected chi connectivity index (χ1v) is 5.02. The summed E-state index contributed by atoms with van der Waals surface area (Å²) >= 11 is 0. The highest BCUT2D eigenvalue weighted by Gasteiger charge is 2.54. The number of hydrogen-bond acceptors (Lipinski definition) is 2. The quantitative estimate of drug-likeness (QED) is 0.563. The molecule has 2 heteroatoms. The molecule has 2 nitrogen and oxygen atoms in total. The predicted octanol–water partition coefficient (Wildman–Crippen LogP) is 0.984. The third-order valence-corrected chi connectivity index (χ3v) is 3.77. The Hall–Kier alpha value is -0.0800. The summed E-state index contributed by atoms with van der Waals surface area (Å²) in [5.41, 5.74) is 0.786. The molecule has 0 aromatic carbocycles. The lowest BCUT2D eigenvalue weighted by Crippen LogP contribution is -2.77. The second kappa shape index (κ2) is 2.46. The predicted molar refractivity (Wildman–Crippen MR) is 51.2 cm³/mol. The molecule has 2 N–H and O–H groups in total. The van der Waals surface area contributed by atoms with Gasteiger partial charge in [-0.25, -0.2) is 0 Å². The molecule has 0 bridgehead atoms. The topological polar surface area (TPSA) is 24.1 Å². The van der Waals surface area contributed by atoms with Crippen LogP contribution in [0.5, 0.6) is 0 Å². The highest BCUT2D eigenvalue weighted by molar-refractivity contribution is 5.13. The van der Waals surface area contributed by atoms with Gasteiger partial charge in [0.25, 0.3) is 0 Å². The van der Waals surface area contributed by atoms with Gasteiger partial charge in [-0.3, -0.25) is 0 Å². The molecule has 2 heterocycles. The van der Waals surface area contributed by atoms with E-state index in [1.165, 1.54) is 19.5 Å². The Morgan fingerprint density at radius 2 is 2.08 bits per heavy atom. The molecule has 2 aliphatic heterocycles. The van der Waals surface area contributed by atoms with Gasteiger partial charge in [0.15, 0.2) is 0 Å². The number of fused-ring (bicyclic) bond motifs is 1. The molecular formula is C10H20N2. The third kappa shape index (κ3) is 0.944. The van der Waals surface area contributed by atoms with E-state index in [1.54, 1.807) is 0 Å². The average molecular weight is 168 g/mol. The van der Waals surface area contributed by atoms with Crippen molar-refractivity contribution in [2.75, 3.05) is 19.6 Å². The molecule has 0 aromatic rings. The van der Waals surface area contributed by atoms with Crippen LogP contribution in [0.25, 0.3) is 0 Å². The average Bonchev–Trinajstić information content (AvgIpc) is 1.89. The fourth-order valence-electron chi connectivity index (χ4n) is 2.75. The molecule has 2 aliphatic rings. The van der Waals surface area contributed by atoms with Gasteiger partial charge in [0, 0.05) is 18.6 Å². The van der Waals surface area contributed by atoms with Crippen molar-refractivity contribution >= 4 is 0 Å². The van der Waals surface area contributed by atoms with Gasteiger partial charge in [-0.05, 0) is 24.3 Å². The van der Waals surface area contributed by atoms with E-state index in [2.05, 4.69) is 31.4 Å². The lowest BCUT2D eigenvalue weighted by molar-refractivity contribution is -0.0277. The zero-order chi connectivity index (χ0) is 8.82. The minimum absolute atomic E-state index is 0.392. The van der Waals surface area contributed by atoms with Crippen LogP contribution in [-0.2, 0) is 0 Å². The number of rotatable bonds is 0. The van der Waals surface area contributed by atoms with Crippen molar-refractivity contribution in [1.82, 2.24) is 10.6 Å². The summed E-state index contributed by atoms with van der Waals surface area (Å²) < 4.78 is 0. The van der Waals surface area contributed by atoms with Crippen molar-refractivity contribution in [1.29, 1.82) is 0 Å². The standard InChI is InChI=1S/C10H20N2/c1-9(2,3)10-7-11-5-4-8(10)6-12-10/h8,11-12H,4-7H2,1-3H3/t8-,10+/m1/s1. The van der Waals surface area contributed by atoms with E-state index in [0.29, 0.717) is 11.0 Å². The summed E-state index contributed by atoms with van der Waals surface area (Å²) in [4.78, 5) is 0. The van der Waals surface area contributed by atoms with Crippen molar-refractivity contribution in [3.8, 4) is 0 Å². The van der Waals surface area contributed by atoms with Gasteiger partial charge in [0.1, 0.15) is 0 Å². The van der Waals surface area contributed by atoms with Crippen molar-refractivity contribution in [2.45, 2.75) is 32.7 Å². The molecule has 0 saturated carbocycles. The van der Waals surface area contributed by atoms with Gasteiger partial charge in [0.2, 0.25) is 0 Å². The Bertz CT molecular complexity index is 183.